The molecule has 16 nitrogen and oxygen atoms in total. The van der Waals surface area contributed by atoms with Gasteiger partial charge in [-0.1, -0.05) is 62.4 Å². The third-order valence-electron chi connectivity index (χ3n) is 13.2. The van der Waals surface area contributed by atoms with Gasteiger partial charge in [-0.3, -0.25) is 14.9 Å². The zero-order chi connectivity index (χ0) is 45.5. The normalized spacial score (nSPS) is 20.7. The van der Waals surface area contributed by atoms with Gasteiger partial charge in [-0.05, 0) is 84.0 Å². The van der Waals surface area contributed by atoms with Gasteiger partial charge in [-0.25, -0.2) is 14.8 Å². The summed E-state index contributed by atoms with van der Waals surface area (Å²) in [6, 6.07) is 21.6. The fourth-order valence-corrected chi connectivity index (χ4v) is 9.90. The van der Waals surface area contributed by atoms with Crippen molar-refractivity contribution in [3.05, 3.63) is 102 Å². The monoisotopic (exact) mass is 884 g/mol. The van der Waals surface area contributed by atoms with E-state index in [1.165, 1.54) is 14.2 Å². The highest BCUT2D eigenvalue weighted by atomic mass is 16.6. The van der Waals surface area contributed by atoms with E-state index in [-0.39, 0.29) is 41.8 Å². The van der Waals surface area contributed by atoms with Gasteiger partial charge in [-0.2, -0.15) is 0 Å². The third kappa shape index (κ3) is 8.42. The minimum Gasteiger partial charge on any atom is -0.488 e. The highest BCUT2D eigenvalue weighted by Crippen LogP contribution is 2.44. The van der Waals surface area contributed by atoms with Gasteiger partial charge >= 0.3 is 6.09 Å². The van der Waals surface area contributed by atoms with Gasteiger partial charge in [0, 0.05) is 43.7 Å². The second kappa shape index (κ2) is 18.3. The molecule has 6 aromatic rings. The van der Waals surface area contributed by atoms with Crippen molar-refractivity contribution in [1.29, 1.82) is 0 Å². The summed E-state index contributed by atoms with van der Waals surface area (Å²) in [5.41, 5.74) is 7.15. The Hall–Kier alpha value is -6.33. The Bertz CT molecular complexity index is 2720. The number of amides is 3. The van der Waals surface area contributed by atoms with E-state index in [1.54, 1.807) is 18.2 Å². The lowest BCUT2D eigenvalue weighted by molar-refractivity contribution is -0.146. The number of fused-ring (bicyclic) bond motifs is 6. The molecule has 0 bridgehead atoms. The molecule has 65 heavy (non-hydrogen) atoms. The molecule has 0 radical (unpaired) electrons. The number of aliphatic hydroxyl groups excluding tert-OH is 1. The molecule has 2 unspecified atom stereocenters. The number of imidazole rings is 2. The number of hydrogen-bond donors (Lipinski definition) is 5. The number of methoxy groups -OCH3 is 3. The number of alkyl carbamates (subject to hydrolysis) is 1. The van der Waals surface area contributed by atoms with Crippen molar-refractivity contribution in [3.63, 3.8) is 0 Å². The van der Waals surface area contributed by atoms with Crippen LogP contribution in [-0.2, 0) is 30.4 Å². The van der Waals surface area contributed by atoms with Crippen molar-refractivity contribution < 1.29 is 38.4 Å². The van der Waals surface area contributed by atoms with Gasteiger partial charge in [-0.15, -0.1) is 0 Å². The number of carbonyl (C=O) groups excluding carboxylic acids is 3. The minimum atomic E-state index is -1.25. The molecule has 9 rings (SSSR count). The molecular weight excluding hydrogens is 829 g/mol. The molecule has 5 heterocycles. The molecule has 16 heteroatoms. The van der Waals surface area contributed by atoms with E-state index in [0.29, 0.717) is 37.6 Å². The molecule has 0 saturated carbocycles. The minimum absolute atomic E-state index is 0.00450. The first-order valence-corrected chi connectivity index (χ1v) is 22.2. The number of nitrogens with one attached hydrogen (secondary N) is 4. The first-order valence-electron chi connectivity index (χ1n) is 22.2. The van der Waals surface area contributed by atoms with Crippen molar-refractivity contribution >= 4 is 39.7 Å². The molecule has 5 N–H and O–H groups in total. The maximum absolute atomic E-state index is 14.3. The van der Waals surface area contributed by atoms with Crippen LogP contribution in [0.2, 0.25) is 0 Å². The van der Waals surface area contributed by atoms with Crippen LogP contribution in [0, 0.1) is 11.8 Å². The van der Waals surface area contributed by atoms with E-state index in [9.17, 15) is 19.5 Å². The first kappa shape index (κ1) is 43.9. The number of rotatable bonds is 13. The first-order chi connectivity index (χ1) is 31.5. The number of aliphatic hydroxyl groups is 1. The van der Waals surface area contributed by atoms with Gasteiger partial charge in [0.15, 0.2) is 0 Å². The number of H-pyrrole nitrogens is 2. The van der Waals surface area contributed by atoms with E-state index in [4.69, 9.17) is 28.9 Å². The molecular formula is C49H56N8O8. The Morgan fingerprint density at radius 1 is 0.938 bits per heavy atom. The summed E-state index contributed by atoms with van der Waals surface area (Å²) in [5, 5.41) is 17.8. The molecule has 4 aromatic carbocycles. The van der Waals surface area contributed by atoms with Gasteiger partial charge < -0.3 is 49.1 Å². The van der Waals surface area contributed by atoms with Crippen molar-refractivity contribution in [2.75, 3.05) is 34.5 Å². The average Bonchev–Trinajstić information content (AvgIpc) is 4.15. The Labute approximate surface area is 377 Å². The molecule has 2 aromatic heterocycles. The molecule has 2 fully saturated rings. The molecule has 7 atom stereocenters. The van der Waals surface area contributed by atoms with Crippen LogP contribution in [0.1, 0.15) is 80.9 Å². The Morgan fingerprint density at radius 3 is 2.51 bits per heavy atom. The zero-order valence-corrected chi connectivity index (χ0v) is 37.5. The maximum atomic E-state index is 14.3. The van der Waals surface area contributed by atoms with Gasteiger partial charge in [0.25, 0.3) is 5.91 Å². The SMILES string of the molecule is COC[C@H]1C[C@@H](c2ncc(-c3ccc4c(c3)COc3cc5c(ccc6[nH]c(C7CC[C@H](C)N7C(=O)[C@@H](NC(O)OC)C(C)C)nc65)cc3-4)[nH]2)N(C(=O)[C@H](NC(=O)OC)c2ccccc2)C1. The molecule has 3 aliphatic heterocycles. The van der Waals surface area contributed by atoms with E-state index < -0.39 is 24.6 Å². The maximum Gasteiger partial charge on any atom is 0.407 e. The predicted octanol–water partition coefficient (Wildman–Crippen LogP) is 6.89. The van der Waals surface area contributed by atoms with Crippen LogP contribution < -0.4 is 15.4 Å². The standard InChI is InChI=1S/C49H56N8O8/c1-26(2)41(54-48(60)63-5)47(59)57-27(3)12-17-38(57)45-51-36-16-14-30-20-35-33-15-13-31(19-32(33)25-65-40(35)21-34(30)43(36)53-45)37-22-50-44(52-37)39-18-28(24-62-4)23-56(39)46(58)42(55-49(61)64-6)29-10-8-7-9-11-29/h7-11,13-16,19-22,26-28,38-39,41-42,48,54,60H,12,17-18,23-25H2,1-6H3,(H,50,52)(H,51,53)(H,55,61)/t27-,28-,38?,39-,41-,42+,48?/m0/s1. The van der Waals surface area contributed by atoms with Crippen molar-refractivity contribution in [2.45, 2.75) is 83.3 Å². The smallest absolute Gasteiger partial charge is 0.407 e. The van der Waals surface area contributed by atoms with E-state index in [2.05, 4.69) is 63.9 Å². The highest BCUT2D eigenvalue weighted by Gasteiger charge is 2.43. The van der Waals surface area contributed by atoms with Crippen molar-refractivity contribution in [1.82, 2.24) is 40.4 Å². The second-order valence-corrected chi connectivity index (χ2v) is 17.7. The Balaban J connectivity index is 0.973. The lowest BCUT2D eigenvalue weighted by Gasteiger charge is -2.34. The lowest BCUT2D eigenvalue weighted by Crippen LogP contribution is -2.54. The average molecular weight is 885 g/mol. The second-order valence-electron chi connectivity index (χ2n) is 17.7. The zero-order valence-electron chi connectivity index (χ0n) is 37.5. The topological polar surface area (TPSA) is 196 Å². The summed E-state index contributed by atoms with van der Waals surface area (Å²) in [4.78, 5) is 61.5. The lowest BCUT2D eigenvalue weighted by atomic mass is 9.92. The number of likely N-dealkylation sites (tertiary alicyclic amines) is 2. The number of ether oxygens (including phenoxy) is 4. The number of hydrogen-bond acceptors (Lipinski definition) is 11. The van der Waals surface area contributed by atoms with Crippen LogP contribution >= 0.6 is 0 Å². The molecule has 3 aliphatic rings. The number of aromatic amines is 2. The highest BCUT2D eigenvalue weighted by molar-refractivity contribution is 6.07. The third-order valence-corrected chi connectivity index (χ3v) is 13.2. The summed E-state index contributed by atoms with van der Waals surface area (Å²) in [5.74, 6) is 1.77. The number of benzene rings is 4. The van der Waals surface area contributed by atoms with Crippen LogP contribution in [-0.4, -0.2) is 106 Å². The van der Waals surface area contributed by atoms with Crippen LogP contribution in [0.4, 0.5) is 4.79 Å². The fraction of sp³-hybridized carbons (Fsp3) is 0.408. The Kier molecular flexibility index (Phi) is 12.3. The Morgan fingerprint density at radius 2 is 1.75 bits per heavy atom. The quantitative estimate of drug-likeness (QED) is 0.0758. The molecule has 340 valence electrons. The van der Waals surface area contributed by atoms with Crippen LogP contribution in [0.25, 0.3) is 44.2 Å². The molecule has 3 amide bonds. The summed E-state index contributed by atoms with van der Waals surface area (Å²) >= 11 is 0. The van der Waals surface area contributed by atoms with Crippen LogP contribution in [0.15, 0.2) is 79.0 Å². The summed E-state index contributed by atoms with van der Waals surface area (Å²) < 4.78 is 21.9. The summed E-state index contributed by atoms with van der Waals surface area (Å²) in [7, 11) is 4.32. The number of nitrogens with zero attached hydrogens (tertiary/aromatic N) is 4. The van der Waals surface area contributed by atoms with Gasteiger partial charge in [0.2, 0.25) is 12.3 Å². The molecule has 2 saturated heterocycles. The van der Waals surface area contributed by atoms with Gasteiger partial charge in [0.1, 0.15) is 30.0 Å². The van der Waals surface area contributed by atoms with E-state index in [1.807, 2.05) is 55.1 Å². The van der Waals surface area contributed by atoms with E-state index in [0.717, 1.165) is 74.2 Å². The van der Waals surface area contributed by atoms with E-state index >= 15 is 0 Å². The van der Waals surface area contributed by atoms with Crippen molar-refractivity contribution in [2.24, 2.45) is 11.8 Å². The van der Waals surface area contributed by atoms with Crippen LogP contribution in [0.5, 0.6) is 5.75 Å². The summed E-state index contributed by atoms with van der Waals surface area (Å²) in [6.07, 6.45) is 2.08. The molecule has 0 aliphatic carbocycles. The van der Waals surface area contributed by atoms with Crippen molar-refractivity contribution in [3.8, 4) is 28.1 Å². The number of aromatic nitrogens is 4. The largest absolute Gasteiger partial charge is 0.488 e. The number of carbonyl (C=O) groups is 3. The fourth-order valence-electron chi connectivity index (χ4n) is 9.90. The predicted molar refractivity (Wildman–Crippen MR) is 243 cm³/mol. The van der Waals surface area contributed by atoms with Gasteiger partial charge in [0.05, 0.1) is 54.8 Å². The molecule has 0 spiro atoms. The van der Waals surface area contributed by atoms with Crippen LogP contribution in [0.3, 0.4) is 0 Å². The summed E-state index contributed by atoms with van der Waals surface area (Å²) in [6.45, 7) is 7.23.